The third-order valence-electron chi connectivity index (χ3n) is 1.72. The molecule has 5 heteroatoms. The minimum absolute atomic E-state index is 0.614. The molecule has 72 valence electrons. The molecule has 0 aliphatic carbocycles. The number of hydrogen-bond acceptors (Lipinski definition) is 4. The SMILES string of the molecule is Brc1cnccc1NCc1ccno1. The van der Waals surface area contributed by atoms with Gasteiger partial charge < -0.3 is 9.84 Å². The lowest BCUT2D eigenvalue weighted by Gasteiger charge is -2.04. The molecule has 0 bridgehead atoms. The molecule has 0 saturated heterocycles. The summed E-state index contributed by atoms with van der Waals surface area (Å²) in [6.07, 6.45) is 5.09. The van der Waals surface area contributed by atoms with Crippen LogP contribution in [-0.4, -0.2) is 10.1 Å². The molecule has 0 atom stereocenters. The molecule has 14 heavy (non-hydrogen) atoms. The van der Waals surface area contributed by atoms with Gasteiger partial charge in [-0.25, -0.2) is 0 Å². The first-order valence-corrected chi connectivity index (χ1v) is 4.88. The highest BCUT2D eigenvalue weighted by Gasteiger charge is 2.00. The summed E-state index contributed by atoms with van der Waals surface area (Å²) in [5.41, 5.74) is 0.983. The number of aromatic nitrogens is 2. The number of hydrogen-bond donors (Lipinski definition) is 1. The fourth-order valence-corrected chi connectivity index (χ4v) is 1.42. The van der Waals surface area contributed by atoms with Gasteiger partial charge in [0.1, 0.15) is 0 Å². The standard InChI is InChI=1S/C9H8BrN3O/c10-8-6-11-3-2-9(8)12-5-7-1-4-13-14-7/h1-4,6H,5H2,(H,11,12). The van der Waals surface area contributed by atoms with Crippen molar-refractivity contribution in [1.29, 1.82) is 0 Å². The van der Waals surface area contributed by atoms with Crippen LogP contribution >= 0.6 is 15.9 Å². The summed E-state index contributed by atoms with van der Waals surface area (Å²) in [5, 5.41) is 6.81. The highest BCUT2D eigenvalue weighted by atomic mass is 79.9. The van der Waals surface area contributed by atoms with Crippen LogP contribution in [0.15, 0.2) is 39.7 Å². The van der Waals surface area contributed by atoms with E-state index >= 15 is 0 Å². The van der Waals surface area contributed by atoms with Gasteiger partial charge in [0.05, 0.1) is 22.9 Å². The Hall–Kier alpha value is -1.36. The van der Waals surface area contributed by atoms with E-state index in [2.05, 4.69) is 31.4 Å². The summed E-state index contributed by atoms with van der Waals surface area (Å²) in [6.45, 7) is 0.614. The van der Waals surface area contributed by atoms with Gasteiger partial charge in [0.15, 0.2) is 5.76 Å². The minimum atomic E-state index is 0.614. The van der Waals surface area contributed by atoms with Gasteiger partial charge in [-0.15, -0.1) is 0 Å². The Morgan fingerprint density at radius 3 is 3.00 bits per heavy atom. The highest BCUT2D eigenvalue weighted by Crippen LogP contribution is 2.20. The Balaban J connectivity index is 2.02. The van der Waals surface area contributed by atoms with Crippen molar-refractivity contribution in [3.63, 3.8) is 0 Å². The van der Waals surface area contributed by atoms with E-state index in [0.29, 0.717) is 6.54 Å². The number of rotatable bonds is 3. The second-order valence-electron chi connectivity index (χ2n) is 2.69. The topological polar surface area (TPSA) is 51.0 Å². The van der Waals surface area contributed by atoms with E-state index in [0.717, 1.165) is 15.9 Å². The summed E-state index contributed by atoms with van der Waals surface area (Å²) < 4.78 is 5.88. The molecule has 1 N–H and O–H groups in total. The number of nitrogens with one attached hydrogen (secondary N) is 1. The van der Waals surface area contributed by atoms with E-state index in [1.807, 2.05) is 12.1 Å². The molecule has 2 heterocycles. The van der Waals surface area contributed by atoms with Gasteiger partial charge in [-0.3, -0.25) is 4.98 Å². The molecular formula is C9H8BrN3O. The number of nitrogens with zero attached hydrogens (tertiary/aromatic N) is 2. The van der Waals surface area contributed by atoms with Crippen molar-refractivity contribution in [1.82, 2.24) is 10.1 Å². The van der Waals surface area contributed by atoms with Crippen LogP contribution in [-0.2, 0) is 6.54 Å². The van der Waals surface area contributed by atoms with Crippen LogP contribution in [0.4, 0.5) is 5.69 Å². The monoisotopic (exact) mass is 253 g/mol. The lowest BCUT2D eigenvalue weighted by Crippen LogP contribution is -1.98. The van der Waals surface area contributed by atoms with Crippen LogP contribution < -0.4 is 5.32 Å². The normalized spacial score (nSPS) is 10.1. The second kappa shape index (κ2) is 4.23. The van der Waals surface area contributed by atoms with Crippen LogP contribution in [0.2, 0.25) is 0 Å². The summed E-state index contributed by atoms with van der Waals surface area (Å²) in [7, 11) is 0. The van der Waals surface area contributed by atoms with Crippen LogP contribution in [0.5, 0.6) is 0 Å². The van der Waals surface area contributed by atoms with Crippen LogP contribution in [0.1, 0.15) is 5.76 Å². The number of pyridine rings is 1. The first-order chi connectivity index (χ1) is 6.86. The molecule has 4 nitrogen and oxygen atoms in total. The molecule has 2 aromatic rings. The maximum atomic E-state index is 4.95. The largest absolute Gasteiger partial charge is 0.377 e. The Morgan fingerprint density at radius 2 is 2.29 bits per heavy atom. The van der Waals surface area contributed by atoms with Crippen LogP contribution in [0, 0.1) is 0 Å². The van der Waals surface area contributed by atoms with E-state index < -0.39 is 0 Å². The smallest absolute Gasteiger partial charge is 0.155 e. The maximum absolute atomic E-state index is 4.95. The summed E-state index contributed by atoms with van der Waals surface area (Å²) >= 11 is 3.39. The third-order valence-corrected chi connectivity index (χ3v) is 2.35. The first kappa shape index (κ1) is 9.21. The van der Waals surface area contributed by atoms with E-state index in [-0.39, 0.29) is 0 Å². The van der Waals surface area contributed by atoms with Gasteiger partial charge in [0.25, 0.3) is 0 Å². The zero-order valence-electron chi connectivity index (χ0n) is 7.27. The van der Waals surface area contributed by atoms with Crippen molar-refractivity contribution in [2.24, 2.45) is 0 Å². The summed E-state index contributed by atoms with van der Waals surface area (Å²) in [5.74, 6) is 0.800. The highest BCUT2D eigenvalue weighted by molar-refractivity contribution is 9.10. The predicted molar refractivity (Wildman–Crippen MR) is 55.8 cm³/mol. The predicted octanol–water partition coefficient (Wildman–Crippen LogP) is 2.44. The molecule has 0 aromatic carbocycles. The van der Waals surface area contributed by atoms with Crippen molar-refractivity contribution in [3.8, 4) is 0 Å². The average molecular weight is 254 g/mol. The zero-order chi connectivity index (χ0) is 9.80. The maximum Gasteiger partial charge on any atom is 0.155 e. The fourth-order valence-electron chi connectivity index (χ4n) is 1.03. The van der Waals surface area contributed by atoms with Crippen molar-refractivity contribution in [2.45, 2.75) is 6.54 Å². The lowest BCUT2D eigenvalue weighted by molar-refractivity contribution is 0.388. The Kier molecular flexibility index (Phi) is 2.78. The van der Waals surface area contributed by atoms with E-state index in [1.165, 1.54) is 0 Å². The number of anilines is 1. The van der Waals surface area contributed by atoms with Crippen molar-refractivity contribution in [3.05, 3.63) is 41.0 Å². The molecule has 0 unspecified atom stereocenters. The molecule has 0 spiro atoms. The van der Waals surface area contributed by atoms with Gasteiger partial charge in [0, 0.05) is 18.5 Å². The lowest BCUT2D eigenvalue weighted by atomic mass is 10.4. The molecule has 0 aliphatic heterocycles. The third kappa shape index (κ3) is 2.11. The molecule has 0 aliphatic rings. The quantitative estimate of drug-likeness (QED) is 0.913. The van der Waals surface area contributed by atoms with Crippen molar-refractivity contribution < 1.29 is 4.52 Å². The first-order valence-electron chi connectivity index (χ1n) is 4.09. The molecule has 2 rings (SSSR count). The van der Waals surface area contributed by atoms with Crippen molar-refractivity contribution >= 4 is 21.6 Å². The molecule has 0 amide bonds. The Morgan fingerprint density at radius 1 is 1.36 bits per heavy atom. The van der Waals surface area contributed by atoms with Gasteiger partial charge in [-0.05, 0) is 22.0 Å². The zero-order valence-corrected chi connectivity index (χ0v) is 8.86. The van der Waals surface area contributed by atoms with Crippen LogP contribution in [0.3, 0.4) is 0 Å². The summed E-state index contributed by atoms with van der Waals surface area (Å²) in [4.78, 5) is 3.97. The summed E-state index contributed by atoms with van der Waals surface area (Å²) in [6, 6.07) is 3.71. The van der Waals surface area contributed by atoms with E-state index in [9.17, 15) is 0 Å². The molecule has 0 saturated carbocycles. The van der Waals surface area contributed by atoms with Crippen molar-refractivity contribution in [2.75, 3.05) is 5.32 Å². The Bertz CT molecular complexity index is 402. The average Bonchev–Trinajstić information content (AvgIpc) is 2.69. The second-order valence-corrected chi connectivity index (χ2v) is 3.54. The Labute approximate surface area is 89.5 Å². The van der Waals surface area contributed by atoms with Gasteiger partial charge in [-0.1, -0.05) is 5.16 Å². The van der Waals surface area contributed by atoms with Gasteiger partial charge in [-0.2, -0.15) is 0 Å². The minimum Gasteiger partial charge on any atom is -0.377 e. The van der Waals surface area contributed by atoms with E-state index in [4.69, 9.17) is 4.52 Å². The molecular weight excluding hydrogens is 246 g/mol. The van der Waals surface area contributed by atoms with Crippen LogP contribution in [0.25, 0.3) is 0 Å². The van der Waals surface area contributed by atoms with Gasteiger partial charge >= 0.3 is 0 Å². The molecule has 0 fully saturated rings. The molecule has 0 radical (unpaired) electrons. The van der Waals surface area contributed by atoms with E-state index in [1.54, 1.807) is 18.6 Å². The molecule has 2 aromatic heterocycles. The fraction of sp³-hybridized carbons (Fsp3) is 0.111. The van der Waals surface area contributed by atoms with Gasteiger partial charge in [0.2, 0.25) is 0 Å². The number of halogens is 1.